The molecule has 0 spiro atoms. The minimum Gasteiger partial charge on any atom is -0.423 e. The fourth-order valence-corrected chi connectivity index (χ4v) is 2.45. The van der Waals surface area contributed by atoms with Gasteiger partial charge in [0.25, 0.3) is 5.91 Å². The monoisotopic (exact) mass is 378 g/mol. The standard InChI is InChI=1S/C21H15ClN2O3/c22-19-9-5-4-8-18(19)20(25)24-23-14-15-10-12-17(13-11-15)27-21(26)16-6-2-1-3-7-16/h1-14H,(H,24,25). The Balaban J connectivity index is 1.57. The Bertz CT molecular complexity index is 970. The maximum absolute atomic E-state index is 12.0. The minimum atomic E-state index is -0.427. The zero-order valence-electron chi connectivity index (χ0n) is 14.1. The third-order valence-electron chi connectivity index (χ3n) is 3.60. The van der Waals surface area contributed by atoms with E-state index >= 15 is 0 Å². The molecule has 6 heteroatoms. The fourth-order valence-electron chi connectivity index (χ4n) is 2.23. The van der Waals surface area contributed by atoms with Crippen molar-refractivity contribution < 1.29 is 14.3 Å². The molecule has 134 valence electrons. The molecule has 0 unspecified atom stereocenters. The minimum absolute atomic E-state index is 0.347. The SMILES string of the molecule is O=C(Oc1ccc(C=NNC(=O)c2ccccc2Cl)cc1)c1ccccc1. The molecule has 0 radical (unpaired) electrons. The molecule has 3 aromatic carbocycles. The van der Waals surface area contributed by atoms with E-state index in [0.29, 0.717) is 21.9 Å². The van der Waals surface area contributed by atoms with Gasteiger partial charge in [-0.2, -0.15) is 5.10 Å². The zero-order valence-corrected chi connectivity index (χ0v) is 14.9. The first-order valence-electron chi connectivity index (χ1n) is 8.09. The molecular weight excluding hydrogens is 364 g/mol. The molecule has 0 atom stereocenters. The number of amides is 1. The second-order valence-electron chi connectivity index (χ2n) is 5.50. The summed E-state index contributed by atoms with van der Waals surface area (Å²) in [4.78, 5) is 24.0. The van der Waals surface area contributed by atoms with E-state index in [9.17, 15) is 9.59 Å². The number of carbonyl (C=O) groups is 2. The maximum atomic E-state index is 12.0. The van der Waals surface area contributed by atoms with Gasteiger partial charge in [-0.15, -0.1) is 0 Å². The molecule has 0 saturated heterocycles. The summed E-state index contributed by atoms with van der Waals surface area (Å²) in [6.07, 6.45) is 1.48. The van der Waals surface area contributed by atoms with Gasteiger partial charge in [0.2, 0.25) is 0 Å². The van der Waals surface area contributed by atoms with Gasteiger partial charge in [0.05, 0.1) is 22.4 Å². The number of halogens is 1. The van der Waals surface area contributed by atoms with Crippen molar-refractivity contribution in [3.63, 3.8) is 0 Å². The number of nitrogens with one attached hydrogen (secondary N) is 1. The third-order valence-corrected chi connectivity index (χ3v) is 3.93. The van der Waals surface area contributed by atoms with Crippen LogP contribution in [-0.2, 0) is 0 Å². The van der Waals surface area contributed by atoms with E-state index in [2.05, 4.69) is 10.5 Å². The molecule has 5 nitrogen and oxygen atoms in total. The van der Waals surface area contributed by atoms with Crippen molar-refractivity contribution in [3.05, 3.63) is 101 Å². The average molecular weight is 379 g/mol. The number of hydrogen-bond acceptors (Lipinski definition) is 4. The third kappa shape index (κ3) is 5.03. The van der Waals surface area contributed by atoms with Crippen molar-refractivity contribution in [3.8, 4) is 5.75 Å². The predicted octanol–water partition coefficient (Wildman–Crippen LogP) is 4.32. The van der Waals surface area contributed by atoms with Gasteiger partial charge in [-0.25, -0.2) is 10.2 Å². The van der Waals surface area contributed by atoms with Crippen LogP contribution in [0.25, 0.3) is 0 Å². The van der Waals surface area contributed by atoms with Gasteiger partial charge in [0.1, 0.15) is 5.75 Å². The Labute approximate surface area is 161 Å². The van der Waals surface area contributed by atoms with Gasteiger partial charge < -0.3 is 4.74 Å². The van der Waals surface area contributed by atoms with E-state index in [1.807, 2.05) is 6.07 Å². The molecule has 0 bridgehead atoms. The summed E-state index contributed by atoms with van der Waals surface area (Å²) >= 11 is 5.96. The van der Waals surface area contributed by atoms with Crippen LogP contribution in [0.3, 0.4) is 0 Å². The van der Waals surface area contributed by atoms with E-state index in [1.165, 1.54) is 6.21 Å². The van der Waals surface area contributed by atoms with Crippen LogP contribution >= 0.6 is 11.6 Å². The Hall–Kier alpha value is -3.44. The summed E-state index contributed by atoms with van der Waals surface area (Å²) in [5, 5.41) is 4.26. The van der Waals surface area contributed by atoms with Crippen LogP contribution in [0.4, 0.5) is 0 Å². The summed E-state index contributed by atoms with van der Waals surface area (Å²) in [6, 6.07) is 22.2. The highest BCUT2D eigenvalue weighted by Crippen LogP contribution is 2.15. The van der Waals surface area contributed by atoms with Gasteiger partial charge in [-0.3, -0.25) is 4.79 Å². The summed E-state index contributed by atoms with van der Waals surface area (Å²) in [5.74, 6) is -0.407. The molecule has 0 aliphatic heterocycles. The van der Waals surface area contributed by atoms with Crippen LogP contribution in [0.15, 0.2) is 84.0 Å². The fraction of sp³-hybridized carbons (Fsp3) is 0. The van der Waals surface area contributed by atoms with E-state index in [1.54, 1.807) is 72.8 Å². The number of hydrogen-bond donors (Lipinski definition) is 1. The van der Waals surface area contributed by atoms with Gasteiger partial charge in [0.15, 0.2) is 0 Å². The van der Waals surface area contributed by atoms with Crippen LogP contribution in [-0.4, -0.2) is 18.1 Å². The topological polar surface area (TPSA) is 67.8 Å². The van der Waals surface area contributed by atoms with Crippen molar-refractivity contribution in [1.29, 1.82) is 0 Å². The average Bonchev–Trinajstić information content (AvgIpc) is 2.70. The van der Waals surface area contributed by atoms with Gasteiger partial charge in [-0.1, -0.05) is 41.9 Å². The van der Waals surface area contributed by atoms with Crippen LogP contribution in [0, 0.1) is 0 Å². The largest absolute Gasteiger partial charge is 0.423 e. The summed E-state index contributed by atoms with van der Waals surface area (Å²) in [6.45, 7) is 0. The second-order valence-corrected chi connectivity index (χ2v) is 5.91. The molecule has 0 aliphatic carbocycles. The number of hydrazone groups is 1. The Morgan fingerprint density at radius 3 is 2.26 bits per heavy atom. The second kappa shape index (κ2) is 8.78. The van der Waals surface area contributed by atoms with Gasteiger partial charge in [-0.05, 0) is 54.1 Å². The summed E-state index contributed by atoms with van der Waals surface area (Å²) in [7, 11) is 0. The first-order chi connectivity index (χ1) is 13.1. The predicted molar refractivity (Wildman–Crippen MR) is 104 cm³/mol. The smallest absolute Gasteiger partial charge is 0.343 e. The number of rotatable bonds is 5. The molecule has 3 rings (SSSR count). The molecule has 1 amide bonds. The molecule has 0 saturated carbocycles. The maximum Gasteiger partial charge on any atom is 0.343 e. The van der Waals surface area contributed by atoms with Crippen molar-refractivity contribution in [2.45, 2.75) is 0 Å². The molecule has 0 aromatic heterocycles. The molecule has 27 heavy (non-hydrogen) atoms. The lowest BCUT2D eigenvalue weighted by atomic mass is 10.2. The molecule has 0 heterocycles. The molecule has 0 aliphatic rings. The Morgan fingerprint density at radius 2 is 1.56 bits per heavy atom. The molecular formula is C21H15ClN2O3. The number of ether oxygens (including phenoxy) is 1. The van der Waals surface area contributed by atoms with Crippen LogP contribution in [0.5, 0.6) is 5.75 Å². The number of esters is 1. The number of nitrogens with zero attached hydrogens (tertiary/aromatic N) is 1. The highest BCUT2D eigenvalue weighted by molar-refractivity contribution is 6.33. The lowest BCUT2D eigenvalue weighted by Gasteiger charge is -2.04. The highest BCUT2D eigenvalue weighted by Gasteiger charge is 2.08. The van der Waals surface area contributed by atoms with E-state index < -0.39 is 11.9 Å². The van der Waals surface area contributed by atoms with Crippen molar-refractivity contribution >= 4 is 29.7 Å². The van der Waals surface area contributed by atoms with Crippen LogP contribution < -0.4 is 10.2 Å². The highest BCUT2D eigenvalue weighted by atomic mass is 35.5. The lowest BCUT2D eigenvalue weighted by Crippen LogP contribution is -2.17. The van der Waals surface area contributed by atoms with Crippen LogP contribution in [0.2, 0.25) is 5.02 Å². The number of benzene rings is 3. The van der Waals surface area contributed by atoms with E-state index in [4.69, 9.17) is 16.3 Å². The van der Waals surface area contributed by atoms with Crippen LogP contribution in [0.1, 0.15) is 26.3 Å². The molecule has 1 N–H and O–H groups in total. The van der Waals surface area contributed by atoms with Crippen molar-refractivity contribution in [2.24, 2.45) is 5.10 Å². The first-order valence-corrected chi connectivity index (χ1v) is 8.46. The summed E-state index contributed by atoms with van der Waals surface area (Å²) in [5.41, 5.74) is 3.97. The quantitative estimate of drug-likeness (QED) is 0.311. The molecule has 0 fully saturated rings. The van der Waals surface area contributed by atoms with Crippen molar-refractivity contribution in [2.75, 3.05) is 0 Å². The Morgan fingerprint density at radius 1 is 0.889 bits per heavy atom. The number of carbonyl (C=O) groups excluding carboxylic acids is 2. The molecule has 3 aromatic rings. The van der Waals surface area contributed by atoms with Gasteiger partial charge >= 0.3 is 5.97 Å². The van der Waals surface area contributed by atoms with E-state index in [0.717, 1.165) is 5.56 Å². The lowest BCUT2D eigenvalue weighted by molar-refractivity contribution is 0.0734. The van der Waals surface area contributed by atoms with E-state index in [-0.39, 0.29) is 0 Å². The van der Waals surface area contributed by atoms with Crippen molar-refractivity contribution in [1.82, 2.24) is 5.43 Å². The summed E-state index contributed by atoms with van der Waals surface area (Å²) < 4.78 is 5.30. The zero-order chi connectivity index (χ0) is 19.1. The normalized spacial score (nSPS) is 10.6. The Kier molecular flexibility index (Phi) is 5.97. The van der Waals surface area contributed by atoms with Gasteiger partial charge in [0, 0.05) is 0 Å². The first kappa shape index (κ1) is 18.4.